The Kier molecular flexibility index (Phi) is 38.6. The van der Waals surface area contributed by atoms with Crippen LogP contribution in [0.5, 0.6) is 0 Å². The fraction of sp³-hybridized carbons (Fsp3) is 0.978. The molecule has 0 saturated heterocycles. The molecule has 55 heavy (non-hydrogen) atoms. The molecule has 0 heterocycles. The van der Waals surface area contributed by atoms with Crippen LogP contribution < -0.4 is 5.32 Å². The number of amides is 1. The molecular formula is C46H96N2O6P+. The zero-order chi connectivity index (χ0) is 40.7. The molecule has 1 amide bonds. The normalized spacial score (nSPS) is 14.2. The first-order valence-corrected chi connectivity index (χ1v) is 25.4. The van der Waals surface area contributed by atoms with Gasteiger partial charge in [0, 0.05) is 6.42 Å². The molecule has 0 saturated carbocycles. The van der Waals surface area contributed by atoms with Crippen LogP contribution in [-0.4, -0.2) is 73.4 Å². The lowest BCUT2D eigenvalue weighted by Gasteiger charge is -2.26. The van der Waals surface area contributed by atoms with Crippen LogP contribution in [0.15, 0.2) is 0 Å². The summed E-state index contributed by atoms with van der Waals surface area (Å²) in [4.78, 5) is 23.0. The van der Waals surface area contributed by atoms with Crippen molar-refractivity contribution in [3.05, 3.63) is 0 Å². The first-order valence-electron chi connectivity index (χ1n) is 23.9. The van der Waals surface area contributed by atoms with Crippen LogP contribution in [-0.2, 0) is 18.4 Å². The smallest absolute Gasteiger partial charge is 0.391 e. The van der Waals surface area contributed by atoms with Crippen LogP contribution >= 0.6 is 7.82 Å². The van der Waals surface area contributed by atoms with Crippen LogP contribution in [0, 0.1) is 0 Å². The second kappa shape index (κ2) is 39.0. The number of aliphatic hydroxyl groups is 1. The van der Waals surface area contributed by atoms with Crippen LogP contribution in [0.25, 0.3) is 0 Å². The molecule has 0 aliphatic rings. The Balaban J connectivity index is 3.83. The van der Waals surface area contributed by atoms with Gasteiger partial charge in [-0.15, -0.1) is 0 Å². The Labute approximate surface area is 342 Å². The van der Waals surface area contributed by atoms with E-state index in [4.69, 9.17) is 9.05 Å². The molecule has 0 aromatic heterocycles. The van der Waals surface area contributed by atoms with Crippen LogP contribution in [0.4, 0.5) is 0 Å². The molecule has 0 aliphatic carbocycles. The number of carbonyl (C=O) groups is 1. The zero-order valence-electron chi connectivity index (χ0n) is 37.4. The SMILES string of the molecule is CCCCCCCCCCCCCCCCCCCCCCCCCCCCCCC(=O)NC(COP(=O)(O)OCC[N+](C)(C)C)C(O)CCCCCCC. The summed E-state index contributed by atoms with van der Waals surface area (Å²) in [6, 6.07) is -0.750. The molecule has 0 rings (SSSR count). The molecular weight excluding hydrogens is 707 g/mol. The lowest BCUT2D eigenvalue weighted by molar-refractivity contribution is -0.870. The number of hydrogen-bond acceptors (Lipinski definition) is 5. The summed E-state index contributed by atoms with van der Waals surface area (Å²) in [6.07, 6.45) is 43.4. The maximum absolute atomic E-state index is 12.8. The molecule has 3 N–H and O–H groups in total. The topological polar surface area (TPSA) is 105 Å². The number of nitrogens with one attached hydrogen (secondary N) is 1. The van der Waals surface area contributed by atoms with Crippen molar-refractivity contribution in [2.24, 2.45) is 0 Å². The van der Waals surface area contributed by atoms with Crippen molar-refractivity contribution in [1.29, 1.82) is 0 Å². The van der Waals surface area contributed by atoms with Crippen molar-refractivity contribution >= 4 is 13.7 Å². The number of unbranched alkanes of at least 4 members (excludes halogenated alkanes) is 31. The van der Waals surface area contributed by atoms with E-state index in [0.717, 1.165) is 51.4 Å². The van der Waals surface area contributed by atoms with Crippen molar-refractivity contribution in [2.45, 2.75) is 251 Å². The van der Waals surface area contributed by atoms with Gasteiger partial charge in [-0.25, -0.2) is 4.57 Å². The Morgan fingerprint density at radius 1 is 0.545 bits per heavy atom. The van der Waals surface area contributed by atoms with E-state index in [2.05, 4.69) is 19.2 Å². The second-order valence-corrected chi connectivity index (χ2v) is 19.3. The summed E-state index contributed by atoms with van der Waals surface area (Å²) in [6.45, 7) is 4.82. The number of nitrogens with zero attached hydrogens (tertiary/aromatic N) is 1. The lowest BCUT2D eigenvalue weighted by Crippen LogP contribution is -2.46. The van der Waals surface area contributed by atoms with Gasteiger partial charge in [-0.1, -0.05) is 219 Å². The summed E-state index contributed by atoms with van der Waals surface area (Å²) in [5.41, 5.74) is 0. The molecule has 0 aromatic carbocycles. The molecule has 9 heteroatoms. The zero-order valence-corrected chi connectivity index (χ0v) is 38.3. The van der Waals surface area contributed by atoms with Gasteiger partial charge in [0.15, 0.2) is 0 Å². The van der Waals surface area contributed by atoms with Gasteiger partial charge in [0.05, 0.1) is 39.9 Å². The largest absolute Gasteiger partial charge is 0.472 e. The summed E-state index contributed by atoms with van der Waals surface area (Å²) in [7, 11) is 1.62. The molecule has 0 fully saturated rings. The highest BCUT2D eigenvalue weighted by molar-refractivity contribution is 7.47. The fourth-order valence-electron chi connectivity index (χ4n) is 7.28. The first-order chi connectivity index (χ1) is 26.5. The molecule has 0 radical (unpaired) electrons. The number of aliphatic hydroxyl groups excluding tert-OH is 1. The average Bonchev–Trinajstić information content (AvgIpc) is 3.13. The van der Waals surface area contributed by atoms with E-state index in [9.17, 15) is 19.4 Å². The summed E-state index contributed by atoms with van der Waals surface area (Å²) in [5, 5.41) is 13.8. The maximum Gasteiger partial charge on any atom is 0.472 e. The molecule has 0 bridgehead atoms. The Hall–Kier alpha value is -0.500. The van der Waals surface area contributed by atoms with E-state index in [1.165, 1.54) is 161 Å². The molecule has 330 valence electrons. The lowest BCUT2D eigenvalue weighted by atomic mass is 10.0. The molecule has 0 spiro atoms. The average molecular weight is 804 g/mol. The fourth-order valence-corrected chi connectivity index (χ4v) is 8.02. The number of quaternary nitrogens is 1. The van der Waals surface area contributed by atoms with E-state index in [1.807, 2.05) is 21.1 Å². The van der Waals surface area contributed by atoms with E-state index in [-0.39, 0.29) is 19.1 Å². The minimum atomic E-state index is -4.29. The summed E-state index contributed by atoms with van der Waals surface area (Å²) < 4.78 is 23.4. The van der Waals surface area contributed by atoms with Gasteiger partial charge >= 0.3 is 7.82 Å². The van der Waals surface area contributed by atoms with Gasteiger partial charge in [-0.05, 0) is 12.8 Å². The monoisotopic (exact) mass is 804 g/mol. The minimum absolute atomic E-state index is 0.0773. The quantitative estimate of drug-likeness (QED) is 0.0322. The standard InChI is InChI=1S/C46H95N2O6P/c1-6-8-10-12-13-14-15-16-17-18-19-20-21-22-23-24-25-26-27-28-29-30-31-32-33-34-36-38-40-46(50)47-44(45(49)39-37-35-11-9-7-2)43-54-55(51,52)53-42-41-48(3,4)5/h44-45,49H,6-43H2,1-5H3,(H-,47,50,51,52)/p+1. The summed E-state index contributed by atoms with van der Waals surface area (Å²) >= 11 is 0. The highest BCUT2D eigenvalue weighted by atomic mass is 31.2. The van der Waals surface area contributed by atoms with E-state index < -0.39 is 20.0 Å². The third kappa shape index (κ3) is 41.5. The van der Waals surface area contributed by atoms with Gasteiger partial charge in [0.25, 0.3) is 0 Å². The second-order valence-electron chi connectivity index (χ2n) is 17.9. The number of phosphoric ester groups is 1. The van der Waals surface area contributed by atoms with Crippen molar-refractivity contribution < 1.29 is 32.9 Å². The molecule has 0 aromatic rings. The van der Waals surface area contributed by atoms with Crippen LogP contribution in [0.2, 0.25) is 0 Å². The predicted octanol–water partition coefficient (Wildman–Crippen LogP) is 13.4. The van der Waals surface area contributed by atoms with Crippen molar-refractivity contribution in [2.75, 3.05) is 40.9 Å². The van der Waals surface area contributed by atoms with Crippen molar-refractivity contribution in [3.8, 4) is 0 Å². The van der Waals surface area contributed by atoms with Gasteiger partial charge < -0.3 is 19.8 Å². The van der Waals surface area contributed by atoms with Crippen LogP contribution in [0.3, 0.4) is 0 Å². The number of likely N-dealkylation sites (N-methyl/N-ethyl adjacent to an activating group) is 1. The third-order valence-corrected chi connectivity index (χ3v) is 12.1. The summed E-state index contributed by atoms with van der Waals surface area (Å²) in [5.74, 6) is -0.146. The minimum Gasteiger partial charge on any atom is -0.391 e. The number of phosphoric acid groups is 1. The third-order valence-electron chi connectivity index (χ3n) is 11.1. The first kappa shape index (κ1) is 54.5. The maximum atomic E-state index is 12.8. The Morgan fingerprint density at radius 3 is 1.22 bits per heavy atom. The van der Waals surface area contributed by atoms with E-state index in [0.29, 0.717) is 23.9 Å². The van der Waals surface area contributed by atoms with Gasteiger partial charge in [-0.3, -0.25) is 13.8 Å². The van der Waals surface area contributed by atoms with Gasteiger partial charge in [-0.2, -0.15) is 0 Å². The Bertz CT molecular complexity index is 870. The molecule has 0 aliphatic heterocycles. The van der Waals surface area contributed by atoms with Crippen LogP contribution in [0.1, 0.15) is 239 Å². The van der Waals surface area contributed by atoms with E-state index >= 15 is 0 Å². The number of rotatable bonds is 44. The number of carbonyl (C=O) groups excluding carboxylic acids is 1. The predicted molar refractivity (Wildman–Crippen MR) is 236 cm³/mol. The van der Waals surface area contributed by atoms with Crippen molar-refractivity contribution in [3.63, 3.8) is 0 Å². The molecule has 3 unspecified atom stereocenters. The number of hydrogen-bond donors (Lipinski definition) is 3. The highest BCUT2D eigenvalue weighted by Gasteiger charge is 2.28. The molecule has 8 nitrogen and oxygen atoms in total. The van der Waals surface area contributed by atoms with Gasteiger partial charge in [0.2, 0.25) is 5.91 Å². The van der Waals surface area contributed by atoms with Gasteiger partial charge in [0.1, 0.15) is 13.2 Å². The van der Waals surface area contributed by atoms with Crippen molar-refractivity contribution in [1.82, 2.24) is 5.32 Å². The Morgan fingerprint density at radius 2 is 0.873 bits per heavy atom. The molecule has 3 atom stereocenters. The highest BCUT2D eigenvalue weighted by Crippen LogP contribution is 2.43. The van der Waals surface area contributed by atoms with E-state index in [1.54, 1.807) is 0 Å².